The molecule has 2 nitrogen and oxygen atoms in total. The van der Waals surface area contributed by atoms with Gasteiger partial charge in [-0.1, -0.05) is 6.92 Å². The van der Waals surface area contributed by atoms with Crippen LogP contribution >= 0.6 is 11.3 Å². The number of hydrogen-bond acceptors (Lipinski definition) is 3. The van der Waals surface area contributed by atoms with Gasteiger partial charge in [-0.15, -0.1) is 21.5 Å². The van der Waals surface area contributed by atoms with Gasteiger partial charge in [0.1, 0.15) is 10.0 Å². The molecular weight excluding hydrogens is 156 g/mol. The minimum absolute atomic E-state index is 0.450. The van der Waals surface area contributed by atoms with Crippen molar-refractivity contribution in [2.75, 3.05) is 0 Å². The zero-order valence-corrected chi connectivity index (χ0v) is 7.74. The summed E-state index contributed by atoms with van der Waals surface area (Å²) in [7, 11) is 0. The Morgan fingerprint density at radius 2 is 2.18 bits per heavy atom. The van der Waals surface area contributed by atoms with Crippen molar-refractivity contribution >= 4 is 11.3 Å². The molecule has 0 aliphatic heterocycles. The SMILES string of the molecule is CCC1(c2nnc(C)s2)CC1. The molecule has 0 amide bonds. The Balaban J connectivity index is 2.29. The summed E-state index contributed by atoms with van der Waals surface area (Å²) in [6.45, 7) is 4.26. The van der Waals surface area contributed by atoms with Crippen molar-refractivity contribution in [3.63, 3.8) is 0 Å². The van der Waals surface area contributed by atoms with Crippen molar-refractivity contribution in [2.45, 2.75) is 38.5 Å². The highest BCUT2D eigenvalue weighted by molar-refractivity contribution is 7.11. The van der Waals surface area contributed by atoms with Gasteiger partial charge >= 0.3 is 0 Å². The molecule has 60 valence electrons. The Labute approximate surface area is 70.7 Å². The lowest BCUT2D eigenvalue weighted by Crippen LogP contribution is -2.02. The van der Waals surface area contributed by atoms with E-state index >= 15 is 0 Å². The summed E-state index contributed by atoms with van der Waals surface area (Å²) in [6, 6.07) is 0. The maximum absolute atomic E-state index is 4.19. The summed E-state index contributed by atoms with van der Waals surface area (Å²) >= 11 is 1.76. The van der Waals surface area contributed by atoms with Crippen molar-refractivity contribution < 1.29 is 0 Å². The number of hydrogen-bond donors (Lipinski definition) is 0. The molecule has 0 saturated heterocycles. The van der Waals surface area contributed by atoms with Crippen LogP contribution in [0.4, 0.5) is 0 Å². The van der Waals surface area contributed by atoms with Crippen LogP contribution in [0.1, 0.15) is 36.2 Å². The molecule has 0 spiro atoms. The van der Waals surface area contributed by atoms with E-state index in [0.29, 0.717) is 5.41 Å². The van der Waals surface area contributed by atoms with E-state index in [2.05, 4.69) is 17.1 Å². The van der Waals surface area contributed by atoms with Gasteiger partial charge in [0.25, 0.3) is 0 Å². The van der Waals surface area contributed by atoms with Crippen LogP contribution in [0.2, 0.25) is 0 Å². The minimum Gasteiger partial charge on any atom is -0.144 e. The first-order valence-electron chi connectivity index (χ1n) is 4.07. The molecule has 0 atom stereocenters. The fraction of sp³-hybridized carbons (Fsp3) is 0.750. The number of rotatable bonds is 2. The van der Waals surface area contributed by atoms with E-state index in [-0.39, 0.29) is 0 Å². The van der Waals surface area contributed by atoms with E-state index in [4.69, 9.17) is 0 Å². The molecule has 1 saturated carbocycles. The predicted molar refractivity (Wildman–Crippen MR) is 45.8 cm³/mol. The van der Waals surface area contributed by atoms with E-state index in [0.717, 1.165) is 5.01 Å². The fourth-order valence-corrected chi connectivity index (χ4v) is 2.39. The van der Waals surface area contributed by atoms with Gasteiger partial charge in [0.2, 0.25) is 0 Å². The minimum atomic E-state index is 0.450. The Bertz CT molecular complexity index is 263. The standard InChI is InChI=1S/C8H12N2S/c1-3-8(4-5-8)7-10-9-6(2)11-7/h3-5H2,1-2H3. The van der Waals surface area contributed by atoms with Gasteiger partial charge in [-0.3, -0.25) is 0 Å². The summed E-state index contributed by atoms with van der Waals surface area (Å²) in [4.78, 5) is 0. The van der Waals surface area contributed by atoms with Gasteiger partial charge in [-0.05, 0) is 26.2 Å². The van der Waals surface area contributed by atoms with E-state index in [1.54, 1.807) is 11.3 Å². The second kappa shape index (κ2) is 2.27. The normalized spacial score (nSPS) is 20.2. The molecule has 0 unspecified atom stereocenters. The molecular formula is C8H12N2S. The Kier molecular flexibility index (Phi) is 1.49. The third-order valence-corrected chi connectivity index (χ3v) is 3.60. The summed E-state index contributed by atoms with van der Waals surface area (Å²) in [6.07, 6.45) is 3.86. The lowest BCUT2D eigenvalue weighted by molar-refractivity contribution is 0.649. The van der Waals surface area contributed by atoms with Crippen molar-refractivity contribution in [2.24, 2.45) is 0 Å². The van der Waals surface area contributed by atoms with E-state index in [9.17, 15) is 0 Å². The van der Waals surface area contributed by atoms with Gasteiger partial charge in [-0.25, -0.2) is 0 Å². The van der Waals surface area contributed by atoms with Crippen LogP contribution in [0.25, 0.3) is 0 Å². The first kappa shape index (κ1) is 7.22. The first-order chi connectivity index (χ1) is 5.27. The topological polar surface area (TPSA) is 25.8 Å². The van der Waals surface area contributed by atoms with Crippen molar-refractivity contribution in [1.29, 1.82) is 0 Å². The smallest absolute Gasteiger partial charge is 0.123 e. The quantitative estimate of drug-likeness (QED) is 0.677. The third kappa shape index (κ3) is 1.07. The molecule has 0 N–H and O–H groups in total. The van der Waals surface area contributed by atoms with Crippen LogP contribution < -0.4 is 0 Å². The van der Waals surface area contributed by atoms with Crippen molar-refractivity contribution in [1.82, 2.24) is 10.2 Å². The van der Waals surface area contributed by atoms with Gasteiger partial charge in [-0.2, -0.15) is 0 Å². The van der Waals surface area contributed by atoms with Crippen LogP contribution in [0, 0.1) is 6.92 Å². The Morgan fingerprint density at radius 3 is 2.55 bits per heavy atom. The van der Waals surface area contributed by atoms with Crippen molar-refractivity contribution in [3.05, 3.63) is 10.0 Å². The summed E-state index contributed by atoms with van der Waals surface area (Å²) in [5.74, 6) is 0. The first-order valence-corrected chi connectivity index (χ1v) is 4.89. The molecule has 2 rings (SSSR count). The van der Waals surface area contributed by atoms with Crippen LogP contribution in [0.5, 0.6) is 0 Å². The van der Waals surface area contributed by atoms with Crippen LogP contribution in [0.15, 0.2) is 0 Å². The molecule has 1 fully saturated rings. The molecule has 1 heterocycles. The van der Waals surface area contributed by atoms with Gasteiger partial charge in [0, 0.05) is 5.41 Å². The van der Waals surface area contributed by atoms with E-state index < -0.39 is 0 Å². The highest BCUT2D eigenvalue weighted by Crippen LogP contribution is 2.51. The predicted octanol–water partition coefficient (Wildman–Crippen LogP) is 2.29. The van der Waals surface area contributed by atoms with Gasteiger partial charge in [0.15, 0.2) is 0 Å². The monoisotopic (exact) mass is 168 g/mol. The average Bonchev–Trinajstić information content (AvgIpc) is 2.70. The second-order valence-electron chi connectivity index (χ2n) is 3.26. The maximum Gasteiger partial charge on any atom is 0.123 e. The fourth-order valence-electron chi connectivity index (χ4n) is 1.38. The average molecular weight is 168 g/mol. The zero-order chi connectivity index (χ0) is 7.90. The largest absolute Gasteiger partial charge is 0.144 e. The van der Waals surface area contributed by atoms with E-state index in [1.165, 1.54) is 24.3 Å². The maximum atomic E-state index is 4.19. The molecule has 1 aliphatic rings. The molecule has 0 aromatic carbocycles. The van der Waals surface area contributed by atoms with Gasteiger partial charge in [0.05, 0.1) is 0 Å². The summed E-state index contributed by atoms with van der Waals surface area (Å²) < 4.78 is 0. The van der Waals surface area contributed by atoms with E-state index in [1.807, 2.05) is 6.92 Å². The molecule has 1 aliphatic carbocycles. The Morgan fingerprint density at radius 1 is 1.45 bits per heavy atom. The molecule has 1 aromatic rings. The second-order valence-corrected chi connectivity index (χ2v) is 4.44. The van der Waals surface area contributed by atoms with Crippen LogP contribution in [-0.2, 0) is 5.41 Å². The Hall–Kier alpha value is -0.440. The molecule has 0 bridgehead atoms. The third-order valence-electron chi connectivity index (χ3n) is 2.51. The lowest BCUT2D eigenvalue weighted by atomic mass is 10.1. The summed E-state index contributed by atoms with van der Waals surface area (Å²) in [5, 5.41) is 10.6. The van der Waals surface area contributed by atoms with Gasteiger partial charge < -0.3 is 0 Å². The highest BCUT2D eigenvalue weighted by Gasteiger charge is 2.45. The number of nitrogens with zero attached hydrogens (tertiary/aromatic N) is 2. The van der Waals surface area contributed by atoms with Crippen LogP contribution in [-0.4, -0.2) is 10.2 Å². The molecule has 11 heavy (non-hydrogen) atoms. The lowest BCUT2D eigenvalue weighted by Gasteiger charge is -2.04. The number of aromatic nitrogens is 2. The molecule has 3 heteroatoms. The molecule has 0 radical (unpaired) electrons. The summed E-state index contributed by atoms with van der Waals surface area (Å²) in [5.41, 5.74) is 0.450. The number of aryl methyl sites for hydroxylation is 1. The van der Waals surface area contributed by atoms with Crippen LogP contribution in [0.3, 0.4) is 0 Å². The molecule has 1 aromatic heterocycles. The van der Waals surface area contributed by atoms with Crippen molar-refractivity contribution in [3.8, 4) is 0 Å². The zero-order valence-electron chi connectivity index (χ0n) is 6.92. The highest BCUT2D eigenvalue weighted by atomic mass is 32.1.